The summed E-state index contributed by atoms with van der Waals surface area (Å²) >= 11 is 2.83. The van der Waals surface area contributed by atoms with E-state index in [1.54, 1.807) is 0 Å². The number of hydrogen-bond donors (Lipinski definition) is 1. The second-order valence-electron chi connectivity index (χ2n) is 6.69. The van der Waals surface area contributed by atoms with E-state index in [1.807, 2.05) is 56.3 Å². The maximum absolute atomic E-state index is 10.2. The van der Waals surface area contributed by atoms with E-state index < -0.39 is 6.10 Å². The van der Waals surface area contributed by atoms with Gasteiger partial charge < -0.3 is 14.3 Å². The van der Waals surface area contributed by atoms with Gasteiger partial charge >= 0.3 is 0 Å². The fourth-order valence-electron chi connectivity index (χ4n) is 2.87. The van der Waals surface area contributed by atoms with Crippen molar-refractivity contribution in [3.63, 3.8) is 0 Å². The molecular formula is C22H21N3O3S2. The molecule has 4 aromatic rings. The van der Waals surface area contributed by atoms with Crippen LogP contribution >= 0.6 is 23.1 Å². The number of nitrogens with zero attached hydrogens (tertiary/aromatic N) is 3. The molecule has 0 fully saturated rings. The van der Waals surface area contributed by atoms with Gasteiger partial charge in [0.2, 0.25) is 0 Å². The van der Waals surface area contributed by atoms with Crippen LogP contribution in [-0.2, 0) is 0 Å². The number of thioether (sulfide) groups is 1. The quantitative estimate of drug-likeness (QED) is 0.387. The van der Waals surface area contributed by atoms with Gasteiger partial charge in [-0.2, -0.15) is 0 Å². The summed E-state index contributed by atoms with van der Waals surface area (Å²) in [5, 5.41) is 19.7. The molecule has 0 saturated heterocycles. The molecule has 0 spiro atoms. The molecule has 0 radical (unpaired) electrons. The lowest BCUT2D eigenvalue weighted by Gasteiger charge is -2.11. The number of aromatic nitrogens is 3. The van der Waals surface area contributed by atoms with Crippen LogP contribution < -0.4 is 4.74 Å². The molecule has 154 valence electrons. The first-order valence-electron chi connectivity index (χ1n) is 9.45. The summed E-state index contributed by atoms with van der Waals surface area (Å²) in [5.74, 6) is 1.57. The molecule has 0 aliphatic rings. The number of aryl methyl sites for hydroxylation is 2. The van der Waals surface area contributed by atoms with Gasteiger partial charge in [0.05, 0.1) is 16.8 Å². The van der Waals surface area contributed by atoms with Crippen molar-refractivity contribution in [2.45, 2.75) is 25.2 Å². The molecule has 1 atom stereocenters. The molecule has 0 aliphatic carbocycles. The van der Waals surface area contributed by atoms with Crippen LogP contribution in [-0.4, -0.2) is 38.8 Å². The third-order valence-electron chi connectivity index (χ3n) is 4.31. The summed E-state index contributed by atoms with van der Waals surface area (Å²) in [6.45, 7) is 4.05. The van der Waals surface area contributed by atoms with E-state index >= 15 is 0 Å². The predicted molar refractivity (Wildman–Crippen MR) is 119 cm³/mol. The summed E-state index contributed by atoms with van der Waals surface area (Å²) in [6, 6.07) is 18.0. The standard InChI is InChI=1S/C22H21N3O3S2/c1-14-20(30-15(2)23-14)21-24-25-22(28-21)29-13-18(26)12-27-19-10-8-17(9-11-19)16-6-4-3-5-7-16/h3-11,18,26H,12-13H2,1-2H3. The Morgan fingerprint density at radius 2 is 1.77 bits per heavy atom. The van der Waals surface area contributed by atoms with Crippen LogP contribution in [0.1, 0.15) is 10.7 Å². The summed E-state index contributed by atoms with van der Waals surface area (Å²) in [6.07, 6.45) is -0.661. The highest BCUT2D eigenvalue weighted by Gasteiger charge is 2.16. The zero-order chi connectivity index (χ0) is 20.9. The fraction of sp³-hybridized carbons (Fsp3) is 0.227. The van der Waals surface area contributed by atoms with Crippen LogP contribution in [0.2, 0.25) is 0 Å². The maximum atomic E-state index is 10.2. The van der Waals surface area contributed by atoms with Gasteiger partial charge in [0, 0.05) is 5.75 Å². The summed E-state index contributed by atoms with van der Waals surface area (Å²) < 4.78 is 11.4. The van der Waals surface area contributed by atoms with Gasteiger partial charge in [-0.1, -0.05) is 54.2 Å². The van der Waals surface area contributed by atoms with Crippen molar-refractivity contribution in [2.24, 2.45) is 0 Å². The van der Waals surface area contributed by atoms with Gasteiger partial charge in [0.1, 0.15) is 17.2 Å². The Balaban J connectivity index is 1.26. The van der Waals surface area contributed by atoms with Crippen molar-refractivity contribution in [3.8, 4) is 27.6 Å². The van der Waals surface area contributed by atoms with Crippen LogP contribution in [0.25, 0.3) is 21.9 Å². The molecule has 0 aliphatic heterocycles. The second kappa shape index (κ2) is 9.42. The Kier molecular flexibility index (Phi) is 6.47. The first kappa shape index (κ1) is 20.6. The lowest BCUT2D eigenvalue weighted by atomic mass is 10.1. The van der Waals surface area contributed by atoms with E-state index in [0.717, 1.165) is 32.5 Å². The monoisotopic (exact) mass is 439 g/mol. The van der Waals surface area contributed by atoms with E-state index in [4.69, 9.17) is 9.15 Å². The number of rotatable bonds is 8. The summed E-state index contributed by atoms with van der Waals surface area (Å²) in [5.41, 5.74) is 3.16. The highest BCUT2D eigenvalue weighted by atomic mass is 32.2. The number of hydrogen-bond acceptors (Lipinski definition) is 8. The molecule has 0 amide bonds. The number of aliphatic hydroxyl groups is 1. The Bertz CT molecular complexity index is 1090. The van der Waals surface area contributed by atoms with E-state index in [2.05, 4.69) is 27.3 Å². The van der Waals surface area contributed by atoms with Crippen molar-refractivity contribution >= 4 is 23.1 Å². The molecule has 2 heterocycles. The molecule has 0 bridgehead atoms. The Morgan fingerprint density at radius 3 is 2.47 bits per heavy atom. The first-order valence-corrected chi connectivity index (χ1v) is 11.3. The van der Waals surface area contributed by atoms with Crippen molar-refractivity contribution in [2.75, 3.05) is 12.4 Å². The van der Waals surface area contributed by atoms with Crippen LogP contribution in [0.15, 0.2) is 64.2 Å². The lowest BCUT2D eigenvalue weighted by molar-refractivity contribution is 0.126. The van der Waals surface area contributed by atoms with Gasteiger partial charge in [-0.15, -0.1) is 21.5 Å². The molecule has 8 heteroatoms. The van der Waals surface area contributed by atoms with Gasteiger partial charge in [-0.3, -0.25) is 0 Å². The van der Waals surface area contributed by atoms with E-state index in [-0.39, 0.29) is 6.61 Å². The van der Waals surface area contributed by atoms with Gasteiger partial charge in [0.15, 0.2) is 0 Å². The molecule has 6 nitrogen and oxygen atoms in total. The van der Waals surface area contributed by atoms with Crippen LogP contribution in [0.4, 0.5) is 0 Å². The number of aliphatic hydroxyl groups excluding tert-OH is 1. The van der Waals surface area contributed by atoms with Crippen LogP contribution in [0.5, 0.6) is 5.75 Å². The molecule has 30 heavy (non-hydrogen) atoms. The van der Waals surface area contributed by atoms with Crippen molar-refractivity contribution in [3.05, 3.63) is 65.3 Å². The average Bonchev–Trinajstić information content (AvgIpc) is 3.37. The largest absolute Gasteiger partial charge is 0.491 e. The van der Waals surface area contributed by atoms with Crippen molar-refractivity contribution in [1.29, 1.82) is 0 Å². The minimum absolute atomic E-state index is 0.186. The minimum Gasteiger partial charge on any atom is -0.491 e. The number of thiazole rings is 1. The molecular weight excluding hydrogens is 418 g/mol. The molecule has 2 aromatic heterocycles. The fourth-order valence-corrected chi connectivity index (χ4v) is 4.38. The first-order chi connectivity index (χ1) is 14.6. The molecule has 1 N–H and O–H groups in total. The minimum atomic E-state index is -0.661. The van der Waals surface area contributed by atoms with Gasteiger partial charge in [0.25, 0.3) is 11.1 Å². The highest BCUT2D eigenvalue weighted by molar-refractivity contribution is 7.99. The van der Waals surface area contributed by atoms with Gasteiger partial charge in [-0.25, -0.2) is 4.98 Å². The normalized spacial score (nSPS) is 12.1. The zero-order valence-corrected chi connectivity index (χ0v) is 18.2. The zero-order valence-electron chi connectivity index (χ0n) is 16.6. The third kappa shape index (κ3) is 5.08. The SMILES string of the molecule is Cc1nc(C)c(-c2nnc(SCC(O)COc3ccc(-c4ccccc4)cc3)o2)s1. The summed E-state index contributed by atoms with van der Waals surface area (Å²) in [7, 11) is 0. The summed E-state index contributed by atoms with van der Waals surface area (Å²) in [4.78, 5) is 5.26. The van der Waals surface area contributed by atoms with E-state index in [1.165, 1.54) is 23.1 Å². The second-order valence-corrected chi connectivity index (χ2v) is 8.86. The predicted octanol–water partition coefficient (Wildman–Crippen LogP) is 5.01. The van der Waals surface area contributed by atoms with E-state index in [9.17, 15) is 5.11 Å². The number of ether oxygens (including phenoxy) is 1. The molecule has 4 rings (SSSR count). The third-order valence-corrected chi connectivity index (χ3v) is 6.33. The topological polar surface area (TPSA) is 81.3 Å². The van der Waals surface area contributed by atoms with Crippen LogP contribution in [0.3, 0.4) is 0 Å². The van der Waals surface area contributed by atoms with Gasteiger partial charge in [-0.05, 0) is 37.1 Å². The van der Waals surface area contributed by atoms with Crippen LogP contribution in [0, 0.1) is 13.8 Å². The highest BCUT2D eigenvalue weighted by Crippen LogP contribution is 2.30. The average molecular weight is 440 g/mol. The van der Waals surface area contributed by atoms with Crippen molar-refractivity contribution < 1.29 is 14.3 Å². The Hall–Kier alpha value is -2.68. The number of benzene rings is 2. The lowest BCUT2D eigenvalue weighted by Crippen LogP contribution is -2.20. The van der Waals surface area contributed by atoms with E-state index in [0.29, 0.717) is 16.9 Å². The Labute approximate surface area is 183 Å². The molecule has 1 unspecified atom stereocenters. The molecule has 0 saturated carbocycles. The van der Waals surface area contributed by atoms with Crippen molar-refractivity contribution in [1.82, 2.24) is 15.2 Å². The Morgan fingerprint density at radius 1 is 1.03 bits per heavy atom. The smallest absolute Gasteiger partial charge is 0.276 e. The molecule has 2 aromatic carbocycles. The maximum Gasteiger partial charge on any atom is 0.276 e.